The number of rotatable bonds is 1. The topological polar surface area (TPSA) is 12.0 Å². The summed E-state index contributed by atoms with van der Waals surface area (Å²) in [4.78, 5) is 0. The molecule has 0 aromatic rings. The van der Waals surface area contributed by atoms with E-state index in [1.165, 1.54) is 0 Å². The minimum Gasteiger partial charge on any atom is -0.427 e. The van der Waals surface area contributed by atoms with Crippen molar-refractivity contribution < 1.29 is 0 Å². The average Bonchev–Trinajstić information content (AvgIpc) is 1.90. The predicted octanol–water partition coefficient (Wildman–Crippen LogP) is 0.915. The fourth-order valence-corrected chi connectivity index (χ4v) is 0.608. The second-order valence-electron chi connectivity index (χ2n) is 1.67. The van der Waals surface area contributed by atoms with Crippen LogP contribution in [0.15, 0.2) is 36.9 Å². The first-order valence-corrected chi connectivity index (χ1v) is 2.65. The fraction of sp³-hybridized carbons (Fsp3) is 0. The summed E-state index contributed by atoms with van der Waals surface area (Å²) in [6.07, 6.45) is 5.87. The van der Waals surface area contributed by atoms with Crippen molar-refractivity contribution in [1.82, 2.24) is 5.23 Å². The van der Waals surface area contributed by atoms with E-state index in [4.69, 9.17) is 0 Å². The van der Waals surface area contributed by atoms with Crippen LogP contribution < -0.4 is 5.23 Å². The third-order valence-electron chi connectivity index (χ3n) is 1.07. The molecule has 8 heavy (non-hydrogen) atoms. The molecule has 1 N–H and O–H groups in total. The lowest BCUT2D eigenvalue weighted by atomic mass is 9.62. The van der Waals surface area contributed by atoms with Gasteiger partial charge < -0.3 is 5.23 Å². The molecule has 40 valence electrons. The van der Waals surface area contributed by atoms with Gasteiger partial charge in [0.15, 0.2) is 0 Å². The zero-order valence-corrected chi connectivity index (χ0v) is 4.67. The lowest BCUT2D eigenvalue weighted by Gasteiger charge is -2.04. The third kappa shape index (κ3) is 1.03. The van der Waals surface area contributed by atoms with Gasteiger partial charge >= 0.3 is 6.85 Å². The first-order chi connectivity index (χ1) is 3.93. The standard InChI is InChI=1S/C6H8BN/c1-2-7-5-3-4-6-8-7/h2-6,8H,1H2. The molecule has 0 spiro atoms. The molecule has 1 rings (SSSR count). The second-order valence-corrected chi connectivity index (χ2v) is 1.67. The minimum atomic E-state index is 0.333. The molecule has 0 bridgehead atoms. The Hall–Kier alpha value is -0.915. The fourth-order valence-electron chi connectivity index (χ4n) is 0.608. The number of hydrogen-bond acceptors (Lipinski definition) is 1. The number of nitrogens with one attached hydrogen (secondary N) is 1. The molecule has 0 unspecified atom stereocenters. The molecule has 1 heterocycles. The molecule has 0 atom stereocenters. The van der Waals surface area contributed by atoms with E-state index in [0.29, 0.717) is 6.85 Å². The highest BCUT2D eigenvalue weighted by Gasteiger charge is 2.01. The maximum atomic E-state index is 3.64. The minimum absolute atomic E-state index is 0.333. The van der Waals surface area contributed by atoms with Crippen molar-refractivity contribution in [1.29, 1.82) is 0 Å². The zero-order chi connectivity index (χ0) is 5.82. The van der Waals surface area contributed by atoms with E-state index < -0.39 is 0 Å². The van der Waals surface area contributed by atoms with Crippen LogP contribution in [0.3, 0.4) is 0 Å². The van der Waals surface area contributed by atoms with Crippen LogP contribution in [0.1, 0.15) is 0 Å². The lowest BCUT2D eigenvalue weighted by molar-refractivity contribution is 1.33. The summed E-state index contributed by atoms with van der Waals surface area (Å²) in [6, 6.07) is 0. The molecule has 0 fully saturated rings. The van der Waals surface area contributed by atoms with E-state index in [-0.39, 0.29) is 0 Å². The maximum Gasteiger partial charge on any atom is 0.304 e. The lowest BCUT2D eigenvalue weighted by Crippen LogP contribution is -2.26. The Morgan fingerprint density at radius 1 is 1.50 bits per heavy atom. The van der Waals surface area contributed by atoms with Crippen LogP contribution in [0.4, 0.5) is 0 Å². The normalized spacial score (nSPS) is 15.8. The van der Waals surface area contributed by atoms with Gasteiger partial charge in [0.2, 0.25) is 0 Å². The number of hydrogen-bond donors (Lipinski definition) is 1. The van der Waals surface area contributed by atoms with Crippen LogP contribution in [0.25, 0.3) is 0 Å². The molecule has 1 aliphatic heterocycles. The van der Waals surface area contributed by atoms with Crippen molar-refractivity contribution in [3.05, 3.63) is 36.9 Å². The van der Waals surface area contributed by atoms with Crippen molar-refractivity contribution in [2.75, 3.05) is 0 Å². The molecule has 0 aromatic heterocycles. The van der Waals surface area contributed by atoms with Crippen molar-refractivity contribution in [3.8, 4) is 0 Å². The first kappa shape index (κ1) is 5.23. The Labute approximate surface area is 49.9 Å². The van der Waals surface area contributed by atoms with Gasteiger partial charge in [-0.15, -0.1) is 6.58 Å². The van der Waals surface area contributed by atoms with Gasteiger partial charge in [-0.2, -0.15) is 0 Å². The van der Waals surface area contributed by atoms with Crippen molar-refractivity contribution >= 4 is 6.85 Å². The van der Waals surface area contributed by atoms with Crippen molar-refractivity contribution in [3.63, 3.8) is 0 Å². The Morgan fingerprint density at radius 3 is 2.75 bits per heavy atom. The van der Waals surface area contributed by atoms with E-state index in [0.717, 1.165) is 0 Å². The van der Waals surface area contributed by atoms with Crippen LogP contribution >= 0.6 is 0 Å². The highest BCUT2D eigenvalue weighted by molar-refractivity contribution is 6.67. The maximum absolute atomic E-state index is 3.64. The van der Waals surface area contributed by atoms with Crippen molar-refractivity contribution in [2.45, 2.75) is 0 Å². The molecule has 2 heteroatoms. The average molecular weight is 105 g/mol. The van der Waals surface area contributed by atoms with Gasteiger partial charge in [0.1, 0.15) is 0 Å². The molecular formula is C6H8BN. The molecular weight excluding hydrogens is 96.9 g/mol. The van der Waals surface area contributed by atoms with Gasteiger partial charge in [-0.05, 0) is 12.3 Å². The molecule has 1 nitrogen and oxygen atoms in total. The highest BCUT2D eigenvalue weighted by Crippen LogP contribution is 1.88. The summed E-state index contributed by atoms with van der Waals surface area (Å²) in [5.74, 6) is 3.91. The van der Waals surface area contributed by atoms with E-state index >= 15 is 0 Å². The monoisotopic (exact) mass is 105 g/mol. The summed E-state index contributed by atoms with van der Waals surface area (Å²) in [5, 5.41) is 3.08. The van der Waals surface area contributed by atoms with E-state index in [2.05, 4.69) is 11.8 Å². The summed E-state index contributed by atoms with van der Waals surface area (Å²) in [7, 11) is 0. The largest absolute Gasteiger partial charge is 0.427 e. The van der Waals surface area contributed by atoms with Crippen LogP contribution in [0, 0.1) is 0 Å². The molecule has 0 aliphatic carbocycles. The van der Waals surface area contributed by atoms with Crippen molar-refractivity contribution in [2.24, 2.45) is 0 Å². The van der Waals surface area contributed by atoms with Gasteiger partial charge in [-0.1, -0.05) is 18.0 Å². The SMILES string of the molecule is C=CB1C=CC=CN1. The van der Waals surface area contributed by atoms with Crippen LogP contribution in [0.2, 0.25) is 0 Å². The van der Waals surface area contributed by atoms with Crippen LogP contribution in [-0.4, -0.2) is 6.85 Å². The van der Waals surface area contributed by atoms with E-state index in [9.17, 15) is 0 Å². The Bertz CT molecular complexity index is 137. The highest BCUT2D eigenvalue weighted by atomic mass is 14.7. The zero-order valence-electron chi connectivity index (χ0n) is 4.67. The second kappa shape index (κ2) is 2.41. The van der Waals surface area contributed by atoms with E-state index in [1.54, 1.807) is 0 Å². The molecule has 0 radical (unpaired) electrons. The van der Waals surface area contributed by atoms with Gasteiger partial charge in [-0.25, -0.2) is 0 Å². The Kier molecular flexibility index (Phi) is 1.57. The van der Waals surface area contributed by atoms with Gasteiger partial charge in [-0.3, -0.25) is 0 Å². The summed E-state index contributed by atoms with van der Waals surface area (Å²) in [5.41, 5.74) is 0. The first-order valence-electron chi connectivity index (χ1n) is 2.65. The smallest absolute Gasteiger partial charge is 0.304 e. The summed E-state index contributed by atoms with van der Waals surface area (Å²) >= 11 is 0. The molecule has 0 saturated heterocycles. The molecule has 0 saturated carbocycles. The van der Waals surface area contributed by atoms with Crippen LogP contribution in [-0.2, 0) is 0 Å². The Balaban J connectivity index is 2.51. The molecule has 1 aliphatic rings. The van der Waals surface area contributed by atoms with Gasteiger partial charge in [0, 0.05) is 0 Å². The summed E-state index contributed by atoms with van der Waals surface area (Å²) in [6.45, 7) is 3.97. The number of allylic oxidation sites excluding steroid dienone is 2. The molecule has 0 amide bonds. The van der Waals surface area contributed by atoms with Gasteiger partial charge in [0.05, 0.1) is 0 Å². The predicted molar refractivity (Wildman–Crippen MR) is 37.4 cm³/mol. The van der Waals surface area contributed by atoms with Gasteiger partial charge in [0.25, 0.3) is 0 Å². The Morgan fingerprint density at radius 2 is 2.38 bits per heavy atom. The van der Waals surface area contributed by atoms with Crippen LogP contribution in [0.5, 0.6) is 0 Å². The molecule has 0 aromatic carbocycles. The quantitative estimate of drug-likeness (QED) is 0.488. The van der Waals surface area contributed by atoms with E-state index in [1.807, 2.05) is 30.3 Å². The third-order valence-corrected chi connectivity index (χ3v) is 1.07. The summed E-state index contributed by atoms with van der Waals surface area (Å²) < 4.78 is 0.